The van der Waals surface area contributed by atoms with Gasteiger partial charge in [-0.15, -0.1) is 5.10 Å². The third kappa shape index (κ3) is 2.75. The molecule has 20 heavy (non-hydrogen) atoms. The maximum atomic E-state index is 9.04. The highest BCUT2D eigenvalue weighted by molar-refractivity contribution is 5.57. The fraction of sp³-hybridized carbons (Fsp3) is 0.125. The van der Waals surface area contributed by atoms with Crippen molar-refractivity contribution in [3.8, 4) is 11.3 Å². The van der Waals surface area contributed by atoms with E-state index >= 15 is 0 Å². The lowest BCUT2D eigenvalue weighted by Crippen LogP contribution is -1.99. The summed E-state index contributed by atoms with van der Waals surface area (Å²) in [7, 11) is 0. The zero-order valence-corrected chi connectivity index (χ0v) is 11.0. The predicted molar refractivity (Wildman–Crippen MR) is 76.9 cm³/mol. The fourth-order valence-corrected chi connectivity index (χ4v) is 2.06. The molecule has 0 unspecified atom stereocenters. The molecule has 1 heterocycles. The second kappa shape index (κ2) is 5.67. The van der Waals surface area contributed by atoms with E-state index in [1.165, 1.54) is 5.56 Å². The molecule has 0 aliphatic heterocycles. The van der Waals surface area contributed by atoms with E-state index in [9.17, 15) is 0 Å². The summed E-state index contributed by atoms with van der Waals surface area (Å²) in [6.07, 6.45) is 1.93. The number of benzene rings is 2. The van der Waals surface area contributed by atoms with Crippen molar-refractivity contribution in [1.82, 2.24) is 15.0 Å². The van der Waals surface area contributed by atoms with Gasteiger partial charge in [-0.25, -0.2) is 4.68 Å². The van der Waals surface area contributed by atoms with Gasteiger partial charge >= 0.3 is 0 Å². The van der Waals surface area contributed by atoms with Gasteiger partial charge in [-0.1, -0.05) is 59.8 Å². The zero-order valence-electron chi connectivity index (χ0n) is 11.0. The van der Waals surface area contributed by atoms with E-state index in [0.29, 0.717) is 6.54 Å². The number of rotatable bonds is 4. The Morgan fingerprint density at radius 3 is 2.35 bits per heavy atom. The molecule has 4 heteroatoms. The number of hydrogen-bond donors (Lipinski definition) is 1. The third-order valence-electron chi connectivity index (χ3n) is 3.16. The lowest BCUT2D eigenvalue weighted by Gasteiger charge is -2.00. The van der Waals surface area contributed by atoms with Crippen molar-refractivity contribution >= 4 is 0 Å². The van der Waals surface area contributed by atoms with Gasteiger partial charge in [0.1, 0.15) is 5.69 Å². The van der Waals surface area contributed by atoms with Crippen LogP contribution in [0.25, 0.3) is 11.3 Å². The fourth-order valence-electron chi connectivity index (χ4n) is 2.06. The Labute approximate surface area is 117 Å². The van der Waals surface area contributed by atoms with Gasteiger partial charge in [0.05, 0.1) is 19.3 Å². The average molecular weight is 265 g/mol. The second-order valence-corrected chi connectivity index (χ2v) is 4.64. The van der Waals surface area contributed by atoms with Crippen molar-refractivity contribution in [3.05, 3.63) is 71.9 Å². The van der Waals surface area contributed by atoms with Crippen LogP contribution in [0.5, 0.6) is 0 Å². The van der Waals surface area contributed by atoms with Crippen molar-refractivity contribution in [2.24, 2.45) is 0 Å². The highest BCUT2D eigenvalue weighted by Gasteiger charge is 2.04. The van der Waals surface area contributed by atoms with Gasteiger partial charge < -0.3 is 5.11 Å². The number of aliphatic hydroxyl groups excluding tert-OH is 1. The highest BCUT2D eigenvalue weighted by Crippen LogP contribution is 2.17. The van der Waals surface area contributed by atoms with Crippen LogP contribution in [0.15, 0.2) is 60.8 Å². The van der Waals surface area contributed by atoms with Crippen LogP contribution in [-0.4, -0.2) is 20.1 Å². The summed E-state index contributed by atoms with van der Waals surface area (Å²) in [5.74, 6) is 0. The highest BCUT2D eigenvalue weighted by atomic mass is 16.3. The van der Waals surface area contributed by atoms with Crippen molar-refractivity contribution in [2.75, 3.05) is 0 Å². The zero-order chi connectivity index (χ0) is 13.8. The van der Waals surface area contributed by atoms with E-state index in [1.807, 2.05) is 53.3 Å². The van der Waals surface area contributed by atoms with Gasteiger partial charge in [0.25, 0.3) is 0 Å². The minimum absolute atomic E-state index is 0.0565. The smallest absolute Gasteiger partial charge is 0.113 e. The van der Waals surface area contributed by atoms with Gasteiger partial charge in [0.15, 0.2) is 0 Å². The summed E-state index contributed by atoms with van der Waals surface area (Å²) in [5, 5.41) is 17.4. The summed E-state index contributed by atoms with van der Waals surface area (Å²) in [4.78, 5) is 0. The van der Waals surface area contributed by atoms with Crippen LogP contribution in [0.2, 0.25) is 0 Å². The summed E-state index contributed by atoms with van der Waals surface area (Å²) in [6.45, 7) is 0.767. The molecule has 0 saturated carbocycles. The molecule has 0 bridgehead atoms. The Morgan fingerprint density at radius 2 is 1.65 bits per heavy atom. The monoisotopic (exact) mass is 265 g/mol. The van der Waals surface area contributed by atoms with Crippen molar-refractivity contribution in [2.45, 2.75) is 13.2 Å². The molecule has 0 saturated heterocycles. The van der Waals surface area contributed by atoms with Crippen LogP contribution in [0, 0.1) is 0 Å². The topological polar surface area (TPSA) is 50.9 Å². The molecule has 0 radical (unpaired) electrons. The Kier molecular flexibility index (Phi) is 3.56. The average Bonchev–Trinajstić information content (AvgIpc) is 2.97. The Bertz CT molecular complexity index is 674. The van der Waals surface area contributed by atoms with E-state index in [-0.39, 0.29) is 6.61 Å². The molecule has 4 nitrogen and oxygen atoms in total. The number of nitrogens with zero attached hydrogens (tertiary/aromatic N) is 3. The lowest BCUT2D eigenvalue weighted by atomic mass is 10.1. The maximum absolute atomic E-state index is 9.04. The Balaban J connectivity index is 1.79. The van der Waals surface area contributed by atoms with Crippen LogP contribution in [0.3, 0.4) is 0 Å². The van der Waals surface area contributed by atoms with Gasteiger partial charge in [-0.2, -0.15) is 0 Å². The van der Waals surface area contributed by atoms with Crippen molar-refractivity contribution in [1.29, 1.82) is 0 Å². The summed E-state index contributed by atoms with van der Waals surface area (Å²) < 4.78 is 1.82. The van der Waals surface area contributed by atoms with Crippen LogP contribution < -0.4 is 0 Å². The van der Waals surface area contributed by atoms with Crippen LogP contribution in [0.1, 0.15) is 11.1 Å². The van der Waals surface area contributed by atoms with Crippen LogP contribution in [0.4, 0.5) is 0 Å². The van der Waals surface area contributed by atoms with E-state index < -0.39 is 0 Å². The quantitative estimate of drug-likeness (QED) is 0.788. The van der Waals surface area contributed by atoms with Crippen LogP contribution in [-0.2, 0) is 13.2 Å². The van der Waals surface area contributed by atoms with Crippen LogP contribution >= 0.6 is 0 Å². The van der Waals surface area contributed by atoms with E-state index in [4.69, 9.17) is 5.11 Å². The largest absolute Gasteiger partial charge is 0.392 e. The normalized spacial score (nSPS) is 10.7. The first-order chi connectivity index (χ1) is 9.85. The maximum Gasteiger partial charge on any atom is 0.113 e. The van der Waals surface area contributed by atoms with E-state index in [1.54, 1.807) is 0 Å². The van der Waals surface area contributed by atoms with Gasteiger partial charge in [0.2, 0.25) is 0 Å². The van der Waals surface area contributed by atoms with Gasteiger partial charge in [-0.3, -0.25) is 0 Å². The first-order valence-corrected chi connectivity index (χ1v) is 6.49. The summed E-state index contributed by atoms with van der Waals surface area (Å²) in [5.41, 5.74) is 3.93. The molecule has 100 valence electrons. The lowest BCUT2D eigenvalue weighted by molar-refractivity contribution is 0.282. The Morgan fingerprint density at radius 1 is 0.900 bits per heavy atom. The first kappa shape index (κ1) is 12.6. The summed E-state index contributed by atoms with van der Waals surface area (Å²) in [6, 6.07) is 17.8. The minimum Gasteiger partial charge on any atom is -0.392 e. The molecule has 1 aromatic heterocycles. The number of hydrogen-bond acceptors (Lipinski definition) is 3. The van der Waals surface area contributed by atoms with E-state index in [0.717, 1.165) is 16.8 Å². The number of aliphatic hydroxyl groups is 1. The molecule has 0 aliphatic carbocycles. The first-order valence-electron chi connectivity index (χ1n) is 6.49. The van der Waals surface area contributed by atoms with E-state index in [2.05, 4.69) is 22.4 Å². The molecule has 0 amide bonds. The molecular formula is C16H15N3O. The molecule has 0 fully saturated rings. The molecule has 0 atom stereocenters. The van der Waals surface area contributed by atoms with Crippen molar-refractivity contribution in [3.63, 3.8) is 0 Å². The molecule has 0 spiro atoms. The molecule has 3 rings (SSSR count). The Hall–Kier alpha value is -2.46. The SMILES string of the molecule is OCc1ccc(-c2cn(Cc3ccccc3)nn2)cc1. The molecular weight excluding hydrogens is 250 g/mol. The third-order valence-corrected chi connectivity index (χ3v) is 3.16. The van der Waals surface area contributed by atoms with Crippen molar-refractivity contribution < 1.29 is 5.11 Å². The molecule has 3 aromatic rings. The minimum atomic E-state index is 0.0565. The number of aromatic nitrogens is 3. The standard InChI is InChI=1S/C16H15N3O/c20-12-14-6-8-15(9-7-14)16-11-19(18-17-16)10-13-4-2-1-3-5-13/h1-9,11,20H,10,12H2. The molecule has 2 aromatic carbocycles. The van der Waals surface area contributed by atoms with Gasteiger partial charge in [-0.05, 0) is 11.1 Å². The second-order valence-electron chi connectivity index (χ2n) is 4.64. The predicted octanol–water partition coefficient (Wildman–Crippen LogP) is 2.49. The summed E-state index contributed by atoms with van der Waals surface area (Å²) >= 11 is 0. The van der Waals surface area contributed by atoms with Gasteiger partial charge in [0, 0.05) is 5.56 Å². The molecule has 0 aliphatic rings. The molecule has 1 N–H and O–H groups in total.